The molecule has 4 heteroatoms. The van der Waals surface area contributed by atoms with Gasteiger partial charge in [-0.05, 0) is 25.6 Å². The van der Waals surface area contributed by atoms with Crippen LogP contribution in [-0.2, 0) is 0 Å². The van der Waals surface area contributed by atoms with Gasteiger partial charge in [0.25, 0.3) is 5.91 Å². The summed E-state index contributed by atoms with van der Waals surface area (Å²) in [5, 5.41) is 3.17. The third-order valence-corrected chi connectivity index (χ3v) is 2.62. The highest BCUT2D eigenvalue weighted by molar-refractivity contribution is 5.91. The molecule has 0 spiro atoms. The Hall–Kier alpha value is -1.29. The Balaban J connectivity index is 2.00. The van der Waals surface area contributed by atoms with Gasteiger partial charge in [0.1, 0.15) is 0 Å². The van der Waals surface area contributed by atoms with Crippen LogP contribution in [0.2, 0.25) is 0 Å². The number of hydrogen-bond acceptors (Lipinski definition) is 3. The van der Waals surface area contributed by atoms with E-state index in [1.807, 2.05) is 11.9 Å². The molecule has 1 fully saturated rings. The maximum atomic E-state index is 11.8. The van der Waals surface area contributed by atoms with Gasteiger partial charge in [0.05, 0.1) is 6.26 Å². The van der Waals surface area contributed by atoms with Crippen LogP contribution in [0.15, 0.2) is 22.8 Å². The number of likely N-dealkylation sites (tertiary alicyclic amines) is 1. The maximum Gasteiger partial charge on any atom is 0.289 e. The van der Waals surface area contributed by atoms with Gasteiger partial charge in [-0.2, -0.15) is 0 Å². The number of carbonyl (C=O) groups excluding carboxylic acids is 1. The van der Waals surface area contributed by atoms with Gasteiger partial charge in [-0.3, -0.25) is 4.79 Å². The molecule has 1 aliphatic rings. The molecule has 1 aromatic rings. The van der Waals surface area contributed by atoms with Crippen molar-refractivity contribution in [2.45, 2.75) is 12.5 Å². The van der Waals surface area contributed by atoms with E-state index in [9.17, 15) is 4.79 Å². The predicted molar refractivity (Wildman–Crippen MR) is 52.1 cm³/mol. The zero-order valence-corrected chi connectivity index (χ0v) is 8.19. The van der Waals surface area contributed by atoms with Gasteiger partial charge in [0, 0.05) is 19.1 Å². The lowest BCUT2D eigenvalue weighted by atomic mass is 10.3. The van der Waals surface area contributed by atoms with Crippen molar-refractivity contribution in [2.75, 3.05) is 20.1 Å². The smallest absolute Gasteiger partial charge is 0.289 e. The van der Waals surface area contributed by atoms with E-state index in [-0.39, 0.29) is 5.91 Å². The molecule has 1 N–H and O–H groups in total. The van der Waals surface area contributed by atoms with Crippen molar-refractivity contribution in [3.63, 3.8) is 0 Å². The fourth-order valence-electron chi connectivity index (χ4n) is 1.74. The first-order valence-electron chi connectivity index (χ1n) is 4.81. The van der Waals surface area contributed by atoms with Gasteiger partial charge < -0.3 is 14.6 Å². The Morgan fingerprint density at radius 1 is 1.71 bits per heavy atom. The van der Waals surface area contributed by atoms with E-state index in [0.717, 1.165) is 19.5 Å². The van der Waals surface area contributed by atoms with Crippen molar-refractivity contribution in [1.29, 1.82) is 0 Å². The molecule has 1 atom stereocenters. The van der Waals surface area contributed by atoms with Crippen LogP contribution in [0.25, 0.3) is 0 Å². The van der Waals surface area contributed by atoms with E-state index >= 15 is 0 Å². The molecule has 1 aliphatic heterocycles. The van der Waals surface area contributed by atoms with Gasteiger partial charge in [0.2, 0.25) is 0 Å². The van der Waals surface area contributed by atoms with Crippen LogP contribution < -0.4 is 5.32 Å². The molecule has 0 bridgehead atoms. The van der Waals surface area contributed by atoms with E-state index in [2.05, 4.69) is 5.32 Å². The lowest BCUT2D eigenvalue weighted by molar-refractivity contribution is 0.0758. The first-order valence-corrected chi connectivity index (χ1v) is 4.81. The minimum absolute atomic E-state index is 0.00671. The van der Waals surface area contributed by atoms with E-state index in [4.69, 9.17) is 4.42 Å². The molecule has 0 aromatic carbocycles. The zero-order valence-electron chi connectivity index (χ0n) is 8.19. The summed E-state index contributed by atoms with van der Waals surface area (Å²) in [6.07, 6.45) is 2.54. The van der Waals surface area contributed by atoms with Crippen molar-refractivity contribution >= 4 is 5.91 Å². The molecule has 1 amide bonds. The number of nitrogens with one attached hydrogen (secondary N) is 1. The topological polar surface area (TPSA) is 45.5 Å². The molecule has 14 heavy (non-hydrogen) atoms. The summed E-state index contributed by atoms with van der Waals surface area (Å²) in [5.41, 5.74) is 0. The molecule has 1 saturated heterocycles. The second-order valence-electron chi connectivity index (χ2n) is 3.50. The van der Waals surface area contributed by atoms with Crippen LogP contribution in [0.4, 0.5) is 0 Å². The van der Waals surface area contributed by atoms with E-state index in [1.54, 1.807) is 12.1 Å². The van der Waals surface area contributed by atoms with Gasteiger partial charge in [0.15, 0.2) is 5.76 Å². The molecule has 0 saturated carbocycles. The summed E-state index contributed by atoms with van der Waals surface area (Å²) < 4.78 is 5.06. The third-order valence-electron chi connectivity index (χ3n) is 2.62. The van der Waals surface area contributed by atoms with Gasteiger partial charge in [-0.25, -0.2) is 0 Å². The SMILES string of the molecule is CNC1CCN(C(=O)c2ccco2)C1. The number of carbonyl (C=O) groups is 1. The normalized spacial score (nSPS) is 21.5. The highest BCUT2D eigenvalue weighted by Gasteiger charge is 2.26. The molecule has 2 heterocycles. The molecule has 1 aromatic heterocycles. The summed E-state index contributed by atoms with van der Waals surface area (Å²) in [4.78, 5) is 13.6. The fraction of sp³-hybridized carbons (Fsp3) is 0.500. The molecule has 0 radical (unpaired) electrons. The van der Waals surface area contributed by atoms with Crippen molar-refractivity contribution in [3.8, 4) is 0 Å². The van der Waals surface area contributed by atoms with Crippen molar-refractivity contribution in [1.82, 2.24) is 10.2 Å². The summed E-state index contributed by atoms with van der Waals surface area (Å²) in [6.45, 7) is 1.58. The first kappa shape index (κ1) is 9.27. The van der Waals surface area contributed by atoms with Gasteiger partial charge >= 0.3 is 0 Å². The van der Waals surface area contributed by atoms with Gasteiger partial charge in [-0.1, -0.05) is 0 Å². The first-order chi connectivity index (χ1) is 6.81. The molecule has 1 unspecified atom stereocenters. The Kier molecular flexibility index (Phi) is 2.54. The van der Waals surface area contributed by atoms with Crippen LogP contribution >= 0.6 is 0 Å². The lowest BCUT2D eigenvalue weighted by Crippen LogP contribution is -2.33. The lowest BCUT2D eigenvalue weighted by Gasteiger charge is -2.14. The Morgan fingerprint density at radius 2 is 2.57 bits per heavy atom. The summed E-state index contributed by atoms with van der Waals surface area (Å²) in [7, 11) is 1.92. The molecule has 0 aliphatic carbocycles. The highest BCUT2D eigenvalue weighted by Crippen LogP contribution is 2.13. The highest BCUT2D eigenvalue weighted by atomic mass is 16.3. The average molecular weight is 194 g/mol. The summed E-state index contributed by atoms with van der Waals surface area (Å²) >= 11 is 0. The number of hydrogen-bond donors (Lipinski definition) is 1. The molecule has 2 rings (SSSR count). The van der Waals surface area contributed by atoms with Crippen molar-refractivity contribution in [2.24, 2.45) is 0 Å². The van der Waals surface area contributed by atoms with Crippen LogP contribution in [0.3, 0.4) is 0 Å². The second-order valence-corrected chi connectivity index (χ2v) is 3.50. The Labute approximate surface area is 82.9 Å². The molecular weight excluding hydrogens is 180 g/mol. The number of likely N-dealkylation sites (N-methyl/N-ethyl adjacent to an activating group) is 1. The maximum absolute atomic E-state index is 11.8. The van der Waals surface area contributed by atoms with Crippen LogP contribution in [-0.4, -0.2) is 37.0 Å². The summed E-state index contributed by atoms with van der Waals surface area (Å²) in [5.74, 6) is 0.425. The van der Waals surface area contributed by atoms with Crippen LogP contribution in [0, 0.1) is 0 Å². The third kappa shape index (κ3) is 1.65. The van der Waals surface area contributed by atoms with Crippen molar-refractivity contribution < 1.29 is 9.21 Å². The van der Waals surface area contributed by atoms with Gasteiger partial charge in [-0.15, -0.1) is 0 Å². The number of amides is 1. The van der Waals surface area contributed by atoms with E-state index < -0.39 is 0 Å². The molecule has 76 valence electrons. The monoisotopic (exact) mass is 194 g/mol. The minimum Gasteiger partial charge on any atom is -0.459 e. The number of furan rings is 1. The minimum atomic E-state index is -0.00671. The predicted octanol–water partition coefficient (Wildman–Crippen LogP) is 0.713. The van der Waals surface area contributed by atoms with Crippen LogP contribution in [0.1, 0.15) is 17.0 Å². The Morgan fingerprint density at radius 3 is 3.14 bits per heavy atom. The fourth-order valence-corrected chi connectivity index (χ4v) is 1.74. The average Bonchev–Trinajstić information content (AvgIpc) is 2.88. The molecule has 4 nitrogen and oxygen atoms in total. The standard InChI is InChI=1S/C10H14N2O2/c1-11-8-4-5-12(7-8)10(13)9-3-2-6-14-9/h2-3,6,8,11H,4-5,7H2,1H3. The zero-order chi connectivity index (χ0) is 9.97. The number of rotatable bonds is 2. The van der Waals surface area contributed by atoms with E-state index in [0.29, 0.717) is 11.8 Å². The van der Waals surface area contributed by atoms with Crippen LogP contribution in [0.5, 0.6) is 0 Å². The quantitative estimate of drug-likeness (QED) is 0.754. The second kappa shape index (κ2) is 3.84. The largest absolute Gasteiger partial charge is 0.459 e. The molecular formula is C10H14N2O2. The summed E-state index contributed by atoms with van der Waals surface area (Å²) in [6, 6.07) is 3.86. The Bertz CT molecular complexity index is 308. The number of nitrogens with zero attached hydrogens (tertiary/aromatic N) is 1. The van der Waals surface area contributed by atoms with Crippen molar-refractivity contribution in [3.05, 3.63) is 24.2 Å². The van der Waals surface area contributed by atoms with E-state index in [1.165, 1.54) is 6.26 Å².